The molecule has 5 nitrogen and oxygen atoms in total. The molecule has 0 saturated carbocycles. The fraction of sp³-hybridized carbons (Fsp3) is 0.200. The predicted octanol–water partition coefficient (Wildman–Crippen LogP) is 2.41. The average molecular weight is 269 g/mol. The minimum atomic E-state index is -0.448. The maximum atomic E-state index is 11.6. The highest BCUT2D eigenvalue weighted by Gasteiger charge is 2.25. The van der Waals surface area contributed by atoms with Crippen LogP contribution in [-0.2, 0) is 6.42 Å². The number of carbonyl (C=O) groups excluding carboxylic acids is 1. The molecule has 0 unspecified atom stereocenters. The summed E-state index contributed by atoms with van der Waals surface area (Å²) in [6.45, 7) is 4.01. The highest BCUT2D eigenvalue weighted by atomic mass is 16.3. The van der Waals surface area contributed by atoms with E-state index in [0.717, 1.165) is 33.8 Å². The number of H-pyrrole nitrogens is 1. The second-order valence-electron chi connectivity index (χ2n) is 4.84. The first kappa shape index (κ1) is 12.5. The fourth-order valence-corrected chi connectivity index (χ4v) is 2.58. The molecule has 0 spiro atoms. The zero-order valence-electron chi connectivity index (χ0n) is 11.4. The van der Waals surface area contributed by atoms with E-state index in [0.29, 0.717) is 12.0 Å². The fourth-order valence-electron chi connectivity index (χ4n) is 2.58. The summed E-state index contributed by atoms with van der Waals surface area (Å²) in [6.07, 6.45) is 5.61. The number of imidazole rings is 1. The molecule has 102 valence electrons. The third-order valence-corrected chi connectivity index (χ3v) is 3.74. The number of primary amides is 1. The van der Waals surface area contributed by atoms with Gasteiger partial charge in [-0.1, -0.05) is 0 Å². The van der Waals surface area contributed by atoms with Crippen LogP contribution in [0, 0.1) is 13.8 Å². The lowest BCUT2D eigenvalue weighted by Crippen LogP contribution is -2.13. The molecule has 1 aliphatic heterocycles. The van der Waals surface area contributed by atoms with Crippen molar-refractivity contribution in [2.24, 2.45) is 5.73 Å². The van der Waals surface area contributed by atoms with Crippen LogP contribution < -0.4 is 5.73 Å². The summed E-state index contributed by atoms with van der Waals surface area (Å²) in [5, 5.41) is 0. The molecule has 1 aromatic rings. The molecule has 1 aliphatic carbocycles. The molecule has 0 bridgehead atoms. The first-order valence-corrected chi connectivity index (χ1v) is 6.37. The molecule has 0 atom stereocenters. The van der Waals surface area contributed by atoms with Crippen molar-refractivity contribution in [2.75, 3.05) is 0 Å². The van der Waals surface area contributed by atoms with Crippen LogP contribution in [0.3, 0.4) is 0 Å². The van der Waals surface area contributed by atoms with E-state index in [1.165, 1.54) is 6.26 Å². The molecule has 1 aromatic heterocycles. The van der Waals surface area contributed by atoms with E-state index in [-0.39, 0.29) is 0 Å². The van der Waals surface area contributed by atoms with Crippen molar-refractivity contribution >= 4 is 5.91 Å². The molecule has 3 N–H and O–H groups in total. The Bertz CT molecular complexity index is 741. The Hall–Kier alpha value is -2.56. The molecule has 0 fully saturated rings. The maximum absolute atomic E-state index is 11.6. The Morgan fingerprint density at radius 3 is 2.85 bits per heavy atom. The average Bonchev–Trinajstić information content (AvgIpc) is 3.02. The van der Waals surface area contributed by atoms with E-state index < -0.39 is 5.91 Å². The van der Waals surface area contributed by atoms with Gasteiger partial charge in [-0.3, -0.25) is 4.79 Å². The van der Waals surface area contributed by atoms with Crippen molar-refractivity contribution in [2.45, 2.75) is 20.3 Å². The summed E-state index contributed by atoms with van der Waals surface area (Å²) < 4.78 is 5.58. The van der Waals surface area contributed by atoms with Crippen LogP contribution in [0.25, 0.3) is 11.3 Å². The summed E-state index contributed by atoms with van der Waals surface area (Å²) in [7, 11) is 0. The van der Waals surface area contributed by atoms with E-state index in [2.05, 4.69) is 9.97 Å². The summed E-state index contributed by atoms with van der Waals surface area (Å²) in [6, 6.07) is 1.62. The Morgan fingerprint density at radius 2 is 2.20 bits per heavy atom. The quantitative estimate of drug-likeness (QED) is 0.765. The van der Waals surface area contributed by atoms with E-state index in [9.17, 15) is 4.79 Å². The number of carbonyl (C=O) groups is 1. The lowest BCUT2D eigenvalue weighted by atomic mass is 10.0. The van der Waals surface area contributed by atoms with Gasteiger partial charge in [0.25, 0.3) is 0 Å². The van der Waals surface area contributed by atoms with E-state index in [1.807, 2.05) is 13.8 Å². The van der Waals surface area contributed by atoms with E-state index in [4.69, 9.17) is 10.2 Å². The monoisotopic (exact) mass is 269 g/mol. The van der Waals surface area contributed by atoms with Crippen LogP contribution in [-0.4, -0.2) is 15.9 Å². The van der Waals surface area contributed by atoms with Crippen molar-refractivity contribution in [3.63, 3.8) is 0 Å². The second-order valence-corrected chi connectivity index (χ2v) is 4.84. The van der Waals surface area contributed by atoms with Crippen LogP contribution in [0.5, 0.6) is 0 Å². The van der Waals surface area contributed by atoms with Gasteiger partial charge in [0.05, 0.1) is 11.8 Å². The Labute approximate surface area is 116 Å². The number of nitrogens with two attached hydrogens (primary N) is 1. The van der Waals surface area contributed by atoms with Gasteiger partial charge in [0.15, 0.2) is 0 Å². The molecule has 1 amide bonds. The Morgan fingerprint density at radius 1 is 1.40 bits per heavy atom. The van der Waals surface area contributed by atoms with Crippen LogP contribution in [0.4, 0.5) is 0 Å². The molecule has 20 heavy (non-hydrogen) atoms. The van der Waals surface area contributed by atoms with Gasteiger partial charge in [-0.25, -0.2) is 4.98 Å². The Kier molecular flexibility index (Phi) is 2.82. The molecular weight excluding hydrogens is 254 g/mol. The SMILES string of the molecule is Cc1c2occc(C(N)=O)c-2c(Cc2ncc[nH]2)c1C. The van der Waals surface area contributed by atoms with Crippen molar-refractivity contribution in [1.82, 2.24) is 9.97 Å². The zero-order valence-corrected chi connectivity index (χ0v) is 11.4. The van der Waals surface area contributed by atoms with Gasteiger partial charge in [0.1, 0.15) is 11.6 Å². The number of hydrogen-bond donors (Lipinski definition) is 2. The highest BCUT2D eigenvalue weighted by molar-refractivity contribution is 6.01. The summed E-state index contributed by atoms with van der Waals surface area (Å²) >= 11 is 0. The molecule has 3 rings (SSSR count). The number of aromatic amines is 1. The number of amides is 1. The number of nitrogens with zero attached hydrogens (tertiary/aromatic N) is 1. The summed E-state index contributed by atoms with van der Waals surface area (Å²) in [5.74, 6) is 1.12. The van der Waals surface area contributed by atoms with Crippen LogP contribution in [0.1, 0.15) is 32.9 Å². The van der Waals surface area contributed by atoms with Gasteiger partial charge < -0.3 is 15.1 Å². The van der Waals surface area contributed by atoms with Crippen molar-refractivity contribution in [3.05, 3.63) is 52.8 Å². The number of hydrogen-bond acceptors (Lipinski definition) is 3. The van der Waals surface area contributed by atoms with Crippen molar-refractivity contribution in [1.29, 1.82) is 0 Å². The van der Waals surface area contributed by atoms with Gasteiger partial charge in [-0.15, -0.1) is 0 Å². The van der Waals surface area contributed by atoms with Crippen LogP contribution in [0.15, 0.2) is 29.1 Å². The number of rotatable bonds is 3. The minimum absolute atomic E-state index is 0.448. The smallest absolute Gasteiger partial charge is 0.249 e. The second kappa shape index (κ2) is 4.52. The molecule has 0 saturated heterocycles. The molecule has 2 heterocycles. The van der Waals surface area contributed by atoms with Gasteiger partial charge in [-0.2, -0.15) is 0 Å². The molecule has 0 radical (unpaired) electrons. The largest absolute Gasteiger partial charge is 0.464 e. The third-order valence-electron chi connectivity index (χ3n) is 3.74. The van der Waals surface area contributed by atoms with Crippen molar-refractivity contribution in [3.8, 4) is 11.3 Å². The van der Waals surface area contributed by atoms with Crippen LogP contribution in [0.2, 0.25) is 0 Å². The minimum Gasteiger partial charge on any atom is -0.464 e. The summed E-state index contributed by atoms with van der Waals surface area (Å²) in [4.78, 5) is 19.0. The molecule has 2 aliphatic rings. The van der Waals surface area contributed by atoms with E-state index >= 15 is 0 Å². The Balaban J connectivity index is 2.24. The van der Waals surface area contributed by atoms with E-state index in [1.54, 1.807) is 18.5 Å². The first-order chi connectivity index (χ1) is 9.59. The zero-order chi connectivity index (χ0) is 14.3. The highest BCUT2D eigenvalue weighted by Crippen LogP contribution is 2.39. The summed E-state index contributed by atoms with van der Waals surface area (Å²) in [5.41, 5.74) is 9.94. The van der Waals surface area contributed by atoms with Crippen molar-refractivity contribution < 1.29 is 9.21 Å². The topological polar surface area (TPSA) is 84.9 Å². The lowest BCUT2D eigenvalue weighted by molar-refractivity contribution is 0.1000. The maximum Gasteiger partial charge on any atom is 0.249 e. The van der Waals surface area contributed by atoms with Gasteiger partial charge in [0.2, 0.25) is 5.91 Å². The van der Waals surface area contributed by atoms with Crippen LogP contribution >= 0.6 is 0 Å². The third kappa shape index (κ3) is 1.79. The standard InChI is InChI=1S/C15H15N3O2/c1-8-9(2)14-13(10(15(16)19)3-6-20-14)11(8)7-12-17-4-5-18-12/h3-6H,7H2,1-2H3,(H2,16,19)(H,17,18). The normalized spacial score (nSPS) is 11.1. The molecule has 0 aromatic carbocycles. The lowest BCUT2D eigenvalue weighted by Gasteiger charge is -2.07. The number of nitrogens with one attached hydrogen (secondary N) is 1. The first-order valence-electron chi connectivity index (χ1n) is 6.37. The molecule has 5 heteroatoms. The predicted molar refractivity (Wildman–Crippen MR) is 74.7 cm³/mol. The van der Waals surface area contributed by atoms with Gasteiger partial charge in [0, 0.05) is 24.4 Å². The molecular formula is C15H15N3O2. The van der Waals surface area contributed by atoms with Gasteiger partial charge in [-0.05, 0) is 36.6 Å². The number of aromatic nitrogens is 2. The van der Waals surface area contributed by atoms with Gasteiger partial charge >= 0.3 is 0 Å². The number of fused-ring (bicyclic) bond motifs is 1.